The van der Waals surface area contributed by atoms with E-state index in [0.29, 0.717) is 0 Å². The SMILES string of the molecule is O=C(O)CN(CCN(CC(=O)O)CC(=O)O)CC(=O)O.O=C([O-])CN(CCN(CC(=O)[O-])CC(=O)[O-])CC(=O)[O-].[Zn+2].[Zn+2]. The van der Waals surface area contributed by atoms with E-state index in [-0.39, 0.29) is 65.1 Å². The molecule has 0 aliphatic rings. The Morgan fingerprint density at radius 3 is 0.619 bits per heavy atom. The van der Waals surface area contributed by atoms with E-state index in [0.717, 1.165) is 19.6 Å². The van der Waals surface area contributed by atoms with Crippen LogP contribution in [-0.4, -0.2) is 166 Å². The number of nitrogens with zero attached hydrogens (tertiary/aromatic N) is 4. The van der Waals surface area contributed by atoms with Crippen LogP contribution in [0.15, 0.2) is 0 Å². The van der Waals surface area contributed by atoms with Gasteiger partial charge in [0.05, 0.1) is 50.1 Å². The summed E-state index contributed by atoms with van der Waals surface area (Å²) in [6.07, 6.45) is 0. The first-order valence-corrected chi connectivity index (χ1v) is 11.0. The average Bonchev–Trinajstić information content (AvgIpc) is 2.72. The molecular formula is C20H28N4O16Zn2. The maximum Gasteiger partial charge on any atom is 2.00 e. The van der Waals surface area contributed by atoms with Gasteiger partial charge in [-0.05, 0) is 0 Å². The molecule has 0 fully saturated rings. The number of hydrogen-bond acceptors (Lipinski definition) is 16. The fourth-order valence-electron chi connectivity index (χ4n) is 2.92. The van der Waals surface area contributed by atoms with Crippen molar-refractivity contribution in [2.75, 3.05) is 78.5 Å². The molecule has 0 spiro atoms. The molecule has 42 heavy (non-hydrogen) atoms. The van der Waals surface area contributed by atoms with Gasteiger partial charge in [0.1, 0.15) is 0 Å². The van der Waals surface area contributed by atoms with E-state index in [1.165, 1.54) is 0 Å². The van der Waals surface area contributed by atoms with Crippen molar-refractivity contribution >= 4 is 47.8 Å². The fourth-order valence-corrected chi connectivity index (χ4v) is 2.92. The van der Waals surface area contributed by atoms with Gasteiger partial charge in [0, 0.05) is 52.4 Å². The van der Waals surface area contributed by atoms with E-state index in [1.807, 2.05) is 0 Å². The van der Waals surface area contributed by atoms with Crippen LogP contribution in [-0.2, 0) is 77.3 Å². The normalized spacial score (nSPS) is 10.2. The first-order valence-electron chi connectivity index (χ1n) is 11.0. The van der Waals surface area contributed by atoms with Crippen molar-refractivity contribution in [1.29, 1.82) is 0 Å². The summed E-state index contributed by atoms with van der Waals surface area (Å²) in [7, 11) is 0. The second-order valence-corrected chi connectivity index (χ2v) is 7.91. The van der Waals surface area contributed by atoms with E-state index in [1.54, 1.807) is 0 Å². The van der Waals surface area contributed by atoms with Crippen LogP contribution < -0.4 is 20.4 Å². The van der Waals surface area contributed by atoms with Crippen molar-refractivity contribution in [2.24, 2.45) is 0 Å². The number of aliphatic carboxylic acids is 8. The number of carboxylic acid groups (broad SMARTS) is 8. The van der Waals surface area contributed by atoms with E-state index < -0.39 is 100 Å². The van der Waals surface area contributed by atoms with Gasteiger partial charge in [-0.3, -0.25) is 38.8 Å². The standard InChI is InChI=1S/2C10H16N2O8.2Zn/c2*13-7(14)3-11(4-8(15)16)1-2-12(5-9(17)18)6-10(19)20;;/h2*1-6H2,(H,13,14)(H,15,16)(H,17,18)(H,19,20);;/q;;2*+2/p-4. The Morgan fingerprint density at radius 1 is 0.357 bits per heavy atom. The molecule has 0 radical (unpaired) electrons. The Kier molecular flexibility index (Phi) is 27.9. The first kappa shape index (κ1) is 45.8. The van der Waals surface area contributed by atoms with Crippen molar-refractivity contribution in [1.82, 2.24) is 19.6 Å². The molecule has 0 aromatic rings. The van der Waals surface area contributed by atoms with Crippen LogP contribution in [0.1, 0.15) is 0 Å². The minimum Gasteiger partial charge on any atom is -0.549 e. The van der Waals surface area contributed by atoms with E-state index in [2.05, 4.69) is 0 Å². The summed E-state index contributed by atoms with van der Waals surface area (Å²) in [6.45, 7) is -5.50. The predicted molar refractivity (Wildman–Crippen MR) is 116 cm³/mol. The van der Waals surface area contributed by atoms with Crippen LogP contribution in [0.3, 0.4) is 0 Å². The monoisotopic (exact) mass is 708 g/mol. The molecular weight excluding hydrogens is 683 g/mol. The van der Waals surface area contributed by atoms with Gasteiger partial charge in [0.25, 0.3) is 0 Å². The molecule has 0 aliphatic heterocycles. The van der Waals surface area contributed by atoms with Crippen LogP contribution in [0.4, 0.5) is 0 Å². The van der Waals surface area contributed by atoms with Crippen molar-refractivity contribution in [3.63, 3.8) is 0 Å². The second kappa shape index (κ2) is 25.5. The zero-order valence-electron chi connectivity index (χ0n) is 22.4. The van der Waals surface area contributed by atoms with E-state index in [9.17, 15) is 58.8 Å². The molecule has 0 amide bonds. The van der Waals surface area contributed by atoms with Gasteiger partial charge in [-0.2, -0.15) is 0 Å². The van der Waals surface area contributed by atoms with Gasteiger partial charge < -0.3 is 60.0 Å². The van der Waals surface area contributed by atoms with Crippen LogP contribution in [0.25, 0.3) is 0 Å². The summed E-state index contributed by atoms with van der Waals surface area (Å²) >= 11 is 0. The number of rotatable bonds is 22. The molecule has 0 bridgehead atoms. The third-order valence-electron chi connectivity index (χ3n) is 4.31. The molecule has 0 aliphatic carbocycles. The zero-order chi connectivity index (χ0) is 31.4. The van der Waals surface area contributed by atoms with Gasteiger partial charge in [0.2, 0.25) is 0 Å². The minimum absolute atomic E-state index is 0. The summed E-state index contributed by atoms with van der Waals surface area (Å²) in [4.78, 5) is 87.8. The quantitative estimate of drug-likeness (QED) is 0.0757. The molecule has 4 N–H and O–H groups in total. The predicted octanol–water partition coefficient (Wildman–Crippen LogP) is -9.49. The van der Waals surface area contributed by atoms with Crippen molar-refractivity contribution in [2.45, 2.75) is 0 Å². The van der Waals surface area contributed by atoms with Crippen molar-refractivity contribution < 1.29 is 118 Å². The number of carbonyl (C=O) groups is 8. The molecule has 22 heteroatoms. The third-order valence-corrected chi connectivity index (χ3v) is 4.31. The van der Waals surface area contributed by atoms with Crippen molar-refractivity contribution in [3.8, 4) is 0 Å². The zero-order valence-corrected chi connectivity index (χ0v) is 28.3. The molecule has 0 aromatic heterocycles. The van der Waals surface area contributed by atoms with Gasteiger partial charge in [0.15, 0.2) is 0 Å². The summed E-state index contributed by atoms with van der Waals surface area (Å²) in [5.41, 5.74) is 0. The molecule has 0 saturated heterocycles. The number of carbonyl (C=O) groups excluding carboxylic acids is 4. The van der Waals surface area contributed by atoms with Gasteiger partial charge in [-0.25, -0.2) is 0 Å². The van der Waals surface area contributed by atoms with Crippen molar-refractivity contribution in [3.05, 3.63) is 0 Å². The van der Waals surface area contributed by atoms with Gasteiger partial charge >= 0.3 is 62.8 Å². The maximum atomic E-state index is 10.6. The molecule has 0 saturated carbocycles. The summed E-state index contributed by atoms with van der Waals surface area (Å²) < 4.78 is 0. The molecule has 0 unspecified atom stereocenters. The first-order chi connectivity index (χ1) is 18.4. The number of hydrogen-bond donors (Lipinski definition) is 4. The van der Waals surface area contributed by atoms with Crippen LogP contribution in [0.2, 0.25) is 0 Å². The fraction of sp³-hybridized carbons (Fsp3) is 0.600. The Labute approximate surface area is 263 Å². The minimum atomic E-state index is -1.53. The Bertz CT molecular complexity index is 715. The van der Waals surface area contributed by atoms with Crippen LogP contribution >= 0.6 is 0 Å². The van der Waals surface area contributed by atoms with Gasteiger partial charge in [-0.15, -0.1) is 0 Å². The molecule has 0 heterocycles. The molecule has 0 atom stereocenters. The molecule has 0 aromatic carbocycles. The summed E-state index contributed by atoms with van der Waals surface area (Å²) in [5.74, 6) is -11.0. The largest absolute Gasteiger partial charge is 2.00 e. The third kappa shape index (κ3) is 31.4. The van der Waals surface area contributed by atoms with E-state index in [4.69, 9.17) is 20.4 Å². The van der Waals surface area contributed by atoms with Gasteiger partial charge in [-0.1, -0.05) is 0 Å². The van der Waals surface area contributed by atoms with Crippen LogP contribution in [0, 0.1) is 0 Å². The second-order valence-electron chi connectivity index (χ2n) is 7.91. The molecule has 20 nitrogen and oxygen atoms in total. The summed E-state index contributed by atoms with van der Waals surface area (Å²) in [6, 6.07) is 0. The van der Waals surface area contributed by atoms with Crippen LogP contribution in [0.5, 0.6) is 0 Å². The van der Waals surface area contributed by atoms with E-state index >= 15 is 0 Å². The smallest absolute Gasteiger partial charge is 0.549 e. The molecule has 0 rings (SSSR count). The Hall–Kier alpha value is -3.15. The number of carboxylic acids is 8. The Balaban J connectivity index is -0.000000328. The maximum absolute atomic E-state index is 10.6. The average molecular weight is 711 g/mol. The summed E-state index contributed by atoms with van der Waals surface area (Å²) in [5, 5.41) is 76.1. The molecule has 228 valence electrons. The topological polar surface area (TPSA) is 323 Å². The Morgan fingerprint density at radius 2 is 0.500 bits per heavy atom.